The molecule has 0 atom stereocenters. The van der Waals surface area contributed by atoms with Crippen molar-refractivity contribution in [3.05, 3.63) is 34.8 Å². The number of methoxy groups -OCH3 is 1. The van der Waals surface area contributed by atoms with E-state index in [1.165, 1.54) is 11.1 Å². The van der Waals surface area contributed by atoms with Crippen LogP contribution in [0.2, 0.25) is 0 Å². The minimum absolute atomic E-state index is 0.769. The number of hydrogen-bond donors (Lipinski definition) is 1. The maximum Gasteiger partial charge on any atom is 0.118 e. The fourth-order valence-electron chi connectivity index (χ4n) is 2.53. The summed E-state index contributed by atoms with van der Waals surface area (Å²) in [6.45, 7) is 9.79. The molecule has 4 nitrogen and oxygen atoms in total. The molecule has 0 fully saturated rings. The second kappa shape index (κ2) is 7.62. The van der Waals surface area contributed by atoms with E-state index in [1.54, 1.807) is 7.11 Å². The Morgan fingerprint density at radius 2 is 2.30 bits per heavy atom. The van der Waals surface area contributed by atoms with Crippen LogP contribution in [0.4, 0.5) is 0 Å². The monoisotopic (exact) mass is 278 g/mol. The highest BCUT2D eigenvalue weighted by atomic mass is 16.5. The van der Waals surface area contributed by atoms with E-state index in [9.17, 15) is 0 Å². The summed E-state index contributed by atoms with van der Waals surface area (Å²) in [6, 6.07) is 2.19. The van der Waals surface area contributed by atoms with Crippen molar-refractivity contribution >= 4 is 0 Å². The Morgan fingerprint density at radius 3 is 2.95 bits per heavy atom. The summed E-state index contributed by atoms with van der Waals surface area (Å²) in [4.78, 5) is 2.45. The zero-order valence-electron chi connectivity index (χ0n) is 12.9. The van der Waals surface area contributed by atoms with Crippen molar-refractivity contribution in [2.24, 2.45) is 0 Å². The molecule has 1 aliphatic rings. The molecule has 20 heavy (non-hydrogen) atoms. The Balaban J connectivity index is 1.89. The summed E-state index contributed by atoms with van der Waals surface area (Å²) < 4.78 is 11.0. The molecular weight excluding hydrogens is 252 g/mol. The van der Waals surface area contributed by atoms with Gasteiger partial charge in [0.15, 0.2) is 0 Å². The Bertz CT molecular complexity index is 451. The summed E-state index contributed by atoms with van der Waals surface area (Å²) in [6.07, 6.45) is 3.40. The van der Waals surface area contributed by atoms with Crippen LogP contribution < -0.4 is 5.32 Å². The molecule has 0 spiro atoms. The molecule has 0 saturated carbocycles. The first-order valence-electron chi connectivity index (χ1n) is 7.41. The van der Waals surface area contributed by atoms with Crippen molar-refractivity contribution in [1.29, 1.82) is 0 Å². The first-order valence-corrected chi connectivity index (χ1v) is 7.41. The number of hydrogen-bond acceptors (Lipinski definition) is 4. The standard InChI is InChI=1S/C16H26N2O2/c1-4-17-10-16-9-15(13(2)20-16)11-18-7-5-14(6-8-18)12-19-3/h5,9,17H,4,6-8,10-12H2,1-3H3. The van der Waals surface area contributed by atoms with E-state index in [0.717, 1.165) is 57.3 Å². The lowest BCUT2D eigenvalue weighted by Gasteiger charge is -2.25. The van der Waals surface area contributed by atoms with Gasteiger partial charge in [-0.1, -0.05) is 13.0 Å². The molecule has 0 saturated heterocycles. The summed E-state index contributed by atoms with van der Waals surface area (Å²) in [5.41, 5.74) is 2.72. The summed E-state index contributed by atoms with van der Waals surface area (Å²) in [7, 11) is 1.76. The maximum absolute atomic E-state index is 5.79. The Labute approximate surface area is 121 Å². The van der Waals surface area contributed by atoms with Crippen molar-refractivity contribution in [3.63, 3.8) is 0 Å². The average molecular weight is 278 g/mol. The fourth-order valence-corrected chi connectivity index (χ4v) is 2.53. The zero-order chi connectivity index (χ0) is 14.4. The SMILES string of the molecule is CCNCc1cc(CN2CC=C(COC)CC2)c(C)o1. The number of rotatable bonds is 7. The van der Waals surface area contributed by atoms with Gasteiger partial charge in [0.05, 0.1) is 13.2 Å². The fraction of sp³-hybridized carbons (Fsp3) is 0.625. The highest BCUT2D eigenvalue weighted by molar-refractivity contribution is 5.21. The Hall–Kier alpha value is -1.10. The van der Waals surface area contributed by atoms with E-state index >= 15 is 0 Å². The minimum Gasteiger partial charge on any atom is -0.465 e. The van der Waals surface area contributed by atoms with Gasteiger partial charge < -0.3 is 14.5 Å². The number of aryl methyl sites for hydroxylation is 1. The third-order valence-corrected chi connectivity index (χ3v) is 3.73. The Kier molecular flexibility index (Phi) is 5.83. The normalized spacial score (nSPS) is 16.4. The average Bonchev–Trinajstić information content (AvgIpc) is 2.79. The lowest BCUT2D eigenvalue weighted by atomic mass is 10.1. The Morgan fingerprint density at radius 1 is 1.45 bits per heavy atom. The van der Waals surface area contributed by atoms with Crippen LogP contribution in [0.5, 0.6) is 0 Å². The third-order valence-electron chi connectivity index (χ3n) is 3.73. The van der Waals surface area contributed by atoms with Gasteiger partial charge in [0.1, 0.15) is 11.5 Å². The van der Waals surface area contributed by atoms with Crippen molar-refractivity contribution in [3.8, 4) is 0 Å². The van der Waals surface area contributed by atoms with E-state index in [2.05, 4.69) is 36.2 Å². The molecule has 0 bridgehead atoms. The van der Waals surface area contributed by atoms with E-state index in [1.807, 2.05) is 0 Å². The molecule has 0 aliphatic carbocycles. The molecule has 112 valence electrons. The van der Waals surface area contributed by atoms with Crippen molar-refractivity contribution in [1.82, 2.24) is 10.2 Å². The lowest BCUT2D eigenvalue weighted by Crippen LogP contribution is -2.29. The van der Waals surface area contributed by atoms with Gasteiger partial charge >= 0.3 is 0 Å². The second-order valence-corrected chi connectivity index (χ2v) is 5.35. The zero-order valence-corrected chi connectivity index (χ0v) is 12.9. The number of nitrogens with one attached hydrogen (secondary N) is 1. The van der Waals surface area contributed by atoms with Gasteiger partial charge in [-0.3, -0.25) is 4.90 Å². The minimum atomic E-state index is 0.769. The van der Waals surface area contributed by atoms with Gasteiger partial charge in [0.25, 0.3) is 0 Å². The molecule has 0 amide bonds. The molecule has 2 heterocycles. The molecule has 1 aromatic rings. The van der Waals surface area contributed by atoms with Crippen LogP contribution in [0.1, 0.15) is 30.4 Å². The third kappa shape index (κ3) is 4.20. The number of furan rings is 1. The molecule has 2 rings (SSSR count). The molecule has 0 unspecified atom stereocenters. The molecule has 1 aliphatic heterocycles. The second-order valence-electron chi connectivity index (χ2n) is 5.35. The van der Waals surface area contributed by atoms with E-state index < -0.39 is 0 Å². The van der Waals surface area contributed by atoms with Crippen LogP contribution in [0.15, 0.2) is 22.1 Å². The van der Waals surface area contributed by atoms with Crippen LogP contribution in [0.25, 0.3) is 0 Å². The van der Waals surface area contributed by atoms with Gasteiger partial charge in [-0.15, -0.1) is 0 Å². The van der Waals surface area contributed by atoms with E-state index in [0.29, 0.717) is 0 Å². The number of nitrogens with zero attached hydrogens (tertiary/aromatic N) is 1. The van der Waals surface area contributed by atoms with Crippen LogP contribution in [0.3, 0.4) is 0 Å². The van der Waals surface area contributed by atoms with Gasteiger partial charge in [0.2, 0.25) is 0 Å². The van der Waals surface area contributed by atoms with E-state index in [-0.39, 0.29) is 0 Å². The summed E-state index contributed by atoms with van der Waals surface area (Å²) in [5.74, 6) is 2.08. The topological polar surface area (TPSA) is 37.6 Å². The van der Waals surface area contributed by atoms with E-state index in [4.69, 9.17) is 9.15 Å². The molecule has 1 N–H and O–H groups in total. The highest BCUT2D eigenvalue weighted by Gasteiger charge is 2.15. The van der Waals surface area contributed by atoms with Crippen molar-refractivity contribution in [2.45, 2.75) is 33.4 Å². The van der Waals surface area contributed by atoms with Gasteiger partial charge in [-0.05, 0) is 31.5 Å². The lowest BCUT2D eigenvalue weighted by molar-refractivity contribution is 0.210. The summed E-state index contributed by atoms with van der Waals surface area (Å²) >= 11 is 0. The number of ether oxygens (including phenoxy) is 1. The van der Waals surface area contributed by atoms with Gasteiger partial charge in [-0.2, -0.15) is 0 Å². The first-order chi connectivity index (χ1) is 9.72. The molecular formula is C16H26N2O2. The predicted molar refractivity (Wildman–Crippen MR) is 80.7 cm³/mol. The first kappa shape index (κ1) is 15.3. The maximum atomic E-state index is 5.79. The van der Waals surface area contributed by atoms with Crippen LogP contribution >= 0.6 is 0 Å². The van der Waals surface area contributed by atoms with Crippen LogP contribution in [0, 0.1) is 6.92 Å². The summed E-state index contributed by atoms with van der Waals surface area (Å²) in [5, 5.41) is 3.30. The quantitative estimate of drug-likeness (QED) is 0.778. The molecule has 4 heteroatoms. The largest absolute Gasteiger partial charge is 0.465 e. The predicted octanol–water partition coefficient (Wildman–Crippen LogP) is 2.48. The van der Waals surface area contributed by atoms with Gasteiger partial charge in [0, 0.05) is 32.3 Å². The van der Waals surface area contributed by atoms with Crippen molar-refractivity contribution < 1.29 is 9.15 Å². The van der Waals surface area contributed by atoms with Crippen LogP contribution in [-0.4, -0.2) is 38.3 Å². The smallest absolute Gasteiger partial charge is 0.118 e. The molecule has 1 aromatic heterocycles. The van der Waals surface area contributed by atoms with Crippen molar-refractivity contribution in [2.75, 3.05) is 33.4 Å². The molecule has 0 aromatic carbocycles. The van der Waals surface area contributed by atoms with Crippen LogP contribution in [-0.2, 0) is 17.8 Å². The van der Waals surface area contributed by atoms with Gasteiger partial charge in [-0.25, -0.2) is 0 Å². The molecule has 0 radical (unpaired) electrons. The highest BCUT2D eigenvalue weighted by Crippen LogP contribution is 2.19.